The van der Waals surface area contributed by atoms with Crippen molar-refractivity contribution in [2.45, 2.75) is 117 Å². The lowest BCUT2D eigenvalue weighted by atomic mass is 9.82. The molecular formula is C32H51NO5S. The van der Waals surface area contributed by atoms with Gasteiger partial charge in [0.2, 0.25) is 0 Å². The van der Waals surface area contributed by atoms with Crippen LogP contribution in [0.1, 0.15) is 98.8 Å². The van der Waals surface area contributed by atoms with Crippen LogP contribution in [0.25, 0.3) is 0 Å². The molecule has 0 aromatic rings. The van der Waals surface area contributed by atoms with E-state index in [1.807, 2.05) is 19.9 Å². The molecule has 9 atom stereocenters. The quantitative estimate of drug-likeness (QED) is 0.287. The highest BCUT2D eigenvalue weighted by Crippen LogP contribution is 2.40. The number of ether oxygens (including phenoxy) is 1. The first kappa shape index (κ1) is 33.6. The Morgan fingerprint density at radius 2 is 1.79 bits per heavy atom. The Kier molecular flexibility index (Phi) is 14.9. The van der Waals surface area contributed by atoms with E-state index in [1.165, 1.54) is 11.8 Å². The van der Waals surface area contributed by atoms with E-state index >= 15 is 0 Å². The van der Waals surface area contributed by atoms with E-state index in [9.17, 15) is 25.1 Å². The number of nitriles is 1. The van der Waals surface area contributed by atoms with E-state index < -0.39 is 24.3 Å². The van der Waals surface area contributed by atoms with Gasteiger partial charge >= 0.3 is 5.97 Å². The van der Waals surface area contributed by atoms with Crippen LogP contribution in [0.3, 0.4) is 0 Å². The lowest BCUT2D eigenvalue weighted by Crippen LogP contribution is -2.33. The summed E-state index contributed by atoms with van der Waals surface area (Å²) in [6.45, 7) is 10.4. The Bertz CT molecular complexity index is 880. The van der Waals surface area contributed by atoms with Gasteiger partial charge in [0.15, 0.2) is 5.12 Å². The normalized spacial score (nSPS) is 37.9. The van der Waals surface area contributed by atoms with Crippen molar-refractivity contribution in [1.82, 2.24) is 0 Å². The van der Waals surface area contributed by atoms with Gasteiger partial charge in [0.25, 0.3) is 0 Å². The first-order valence-electron chi connectivity index (χ1n) is 15.1. The second kappa shape index (κ2) is 17.3. The number of esters is 1. The summed E-state index contributed by atoms with van der Waals surface area (Å²) in [5, 5.41) is 31.6. The molecule has 0 unspecified atom stereocenters. The molecule has 0 bridgehead atoms. The maximum absolute atomic E-state index is 13.0. The molecule has 2 N–H and O–H groups in total. The minimum absolute atomic E-state index is 0.0520. The molecular weight excluding hydrogens is 510 g/mol. The molecule has 220 valence electrons. The topological polar surface area (TPSA) is 108 Å². The third-order valence-corrected chi connectivity index (χ3v) is 9.61. The van der Waals surface area contributed by atoms with Gasteiger partial charge in [-0.15, -0.1) is 0 Å². The molecule has 39 heavy (non-hydrogen) atoms. The van der Waals surface area contributed by atoms with Crippen molar-refractivity contribution in [1.29, 1.82) is 5.26 Å². The summed E-state index contributed by atoms with van der Waals surface area (Å²) >= 11 is 1.40. The number of aliphatic hydroxyl groups excluding tert-OH is 2. The zero-order valence-electron chi connectivity index (χ0n) is 24.7. The van der Waals surface area contributed by atoms with Gasteiger partial charge in [0.1, 0.15) is 6.10 Å². The number of thioether (sulfide) groups is 1. The summed E-state index contributed by atoms with van der Waals surface area (Å²) in [5.74, 6) is 0.775. The summed E-state index contributed by atoms with van der Waals surface area (Å²) in [4.78, 5) is 26.0. The van der Waals surface area contributed by atoms with Crippen molar-refractivity contribution >= 4 is 22.8 Å². The van der Waals surface area contributed by atoms with Crippen LogP contribution in [0.5, 0.6) is 0 Å². The van der Waals surface area contributed by atoms with Crippen LogP contribution in [0.2, 0.25) is 0 Å². The average molecular weight is 562 g/mol. The average Bonchev–Trinajstić information content (AvgIpc) is 3.37. The SMILES string of the molecule is CCCCSC(=O)[C@@H]1CCC[C@H]1[C@@H]1C/C=C/C=C(/C#N)[C@H](O)[C@@H](C)C[C@H](C)C[C@H](C)C[C@H](C)[C@@H](O)CC(=O)O1. The zero-order valence-corrected chi connectivity index (χ0v) is 25.5. The van der Waals surface area contributed by atoms with Crippen LogP contribution in [0.4, 0.5) is 0 Å². The van der Waals surface area contributed by atoms with Crippen molar-refractivity contribution < 1.29 is 24.5 Å². The number of allylic oxidation sites excluding steroid dienone is 2. The molecule has 0 aromatic heterocycles. The summed E-state index contributed by atoms with van der Waals surface area (Å²) < 4.78 is 5.99. The Hall–Kier alpha value is -1.62. The van der Waals surface area contributed by atoms with Crippen LogP contribution >= 0.6 is 11.8 Å². The summed E-state index contributed by atoms with van der Waals surface area (Å²) in [6, 6.07) is 2.16. The minimum atomic E-state index is -0.845. The lowest BCUT2D eigenvalue weighted by molar-refractivity contribution is -0.156. The Balaban J connectivity index is 2.29. The van der Waals surface area contributed by atoms with E-state index in [2.05, 4.69) is 26.8 Å². The molecule has 1 heterocycles. The zero-order chi connectivity index (χ0) is 28.9. The summed E-state index contributed by atoms with van der Waals surface area (Å²) in [7, 11) is 0. The second-order valence-corrected chi connectivity index (χ2v) is 13.3. The predicted molar refractivity (Wildman–Crippen MR) is 158 cm³/mol. The van der Waals surface area contributed by atoms with Gasteiger partial charge in [-0.2, -0.15) is 5.26 Å². The molecule has 0 spiro atoms. The second-order valence-electron chi connectivity index (χ2n) is 12.2. The number of carbonyl (C=O) groups excluding carboxylic acids is 2. The summed E-state index contributed by atoms with van der Waals surface area (Å²) in [5.41, 5.74) is 0.326. The summed E-state index contributed by atoms with van der Waals surface area (Å²) in [6.07, 6.45) is 10.7. The van der Waals surface area contributed by atoms with Gasteiger partial charge < -0.3 is 14.9 Å². The van der Waals surface area contributed by atoms with Crippen molar-refractivity contribution in [3.8, 4) is 6.07 Å². The predicted octanol–water partition coefficient (Wildman–Crippen LogP) is 6.61. The number of hydrogen-bond donors (Lipinski definition) is 2. The highest BCUT2D eigenvalue weighted by Gasteiger charge is 2.39. The Morgan fingerprint density at radius 3 is 2.46 bits per heavy atom. The third-order valence-electron chi connectivity index (χ3n) is 8.53. The van der Waals surface area contributed by atoms with Crippen LogP contribution in [-0.4, -0.2) is 45.4 Å². The van der Waals surface area contributed by atoms with Gasteiger partial charge in [-0.3, -0.25) is 9.59 Å². The van der Waals surface area contributed by atoms with Crippen molar-refractivity contribution in [2.24, 2.45) is 35.5 Å². The number of cyclic esters (lactones) is 1. The maximum Gasteiger partial charge on any atom is 0.308 e. The molecule has 0 aromatic carbocycles. The molecule has 0 amide bonds. The molecule has 1 aliphatic carbocycles. The number of rotatable bonds is 5. The van der Waals surface area contributed by atoms with Crippen LogP contribution < -0.4 is 0 Å². The molecule has 7 heteroatoms. The maximum atomic E-state index is 13.0. The Labute approximate surface area is 240 Å². The molecule has 6 nitrogen and oxygen atoms in total. The number of aliphatic hydroxyl groups is 2. The van der Waals surface area contributed by atoms with E-state index in [1.54, 1.807) is 12.2 Å². The molecule has 2 rings (SSSR count). The van der Waals surface area contributed by atoms with E-state index in [0.717, 1.165) is 57.1 Å². The van der Waals surface area contributed by atoms with Crippen LogP contribution in [0, 0.1) is 46.8 Å². The van der Waals surface area contributed by atoms with Gasteiger partial charge in [-0.25, -0.2) is 0 Å². The molecule has 0 saturated heterocycles. The Morgan fingerprint density at radius 1 is 1.10 bits per heavy atom. The van der Waals surface area contributed by atoms with Gasteiger partial charge in [-0.1, -0.05) is 71.4 Å². The molecule has 2 aliphatic rings. The van der Waals surface area contributed by atoms with E-state index in [0.29, 0.717) is 23.8 Å². The van der Waals surface area contributed by atoms with Gasteiger partial charge in [0.05, 0.1) is 30.3 Å². The van der Waals surface area contributed by atoms with E-state index in [4.69, 9.17) is 4.74 Å². The standard InChI is InChI=1S/C32H51NO5S/c1-6-7-15-39-32(37)27-13-10-12-26(27)29-14-9-8-11-25(20-33)31(36)24(5)18-22(3)16-21(2)17-23(4)28(34)19-30(35)38-29/h8-9,11,21-24,26-29,31,34,36H,6-7,10,12-19H2,1-5H3/b9-8+,25-11-/t21-,22+,23-,24-,26+,27+,28-,29-,31+/m0/s1. The number of unbranched alkanes of at least 4 members (excludes halogenated alkanes) is 1. The lowest BCUT2D eigenvalue weighted by Gasteiger charge is -2.29. The number of nitrogens with zero attached hydrogens (tertiary/aromatic N) is 1. The fraction of sp³-hybridized carbons (Fsp3) is 0.781. The van der Waals surface area contributed by atoms with Crippen LogP contribution in [-0.2, 0) is 14.3 Å². The fourth-order valence-corrected chi connectivity index (χ4v) is 7.52. The first-order valence-corrected chi connectivity index (χ1v) is 16.0. The molecule has 1 aliphatic heterocycles. The fourth-order valence-electron chi connectivity index (χ4n) is 6.38. The van der Waals surface area contributed by atoms with Gasteiger partial charge in [-0.05, 0) is 68.3 Å². The van der Waals surface area contributed by atoms with Gasteiger partial charge in [0, 0.05) is 24.0 Å². The number of carbonyl (C=O) groups is 2. The monoisotopic (exact) mass is 561 g/mol. The highest BCUT2D eigenvalue weighted by molar-refractivity contribution is 8.13. The minimum Gasteiger partial charge on any atom is -0.462 e. The molecule has 1 fully saturated rings. The van der Waals surface area contributed by atoms with Crippen molar-refractivity contribution in [3.05, 3.63) is 23.8 Å². The van der Waals surface area contributed by atoms with Crippen molar-refractivity contribution in [3.63, 3.8) is 0 Å². The largest absolute Gasteiger partial charge is 0.462 e. The first-order chi connectivity index (χ1) is 18.6. The van der Waals surface area contributed by atoms with Crippen LogP contribution in [0.15, 0.2) is 23.8 Å². The van der Waals surface area contributed by atoms with E-state index in [-0.39, 0.29) is 35.2 Å². The van der Waals surface area contributed by atoms with Crippen molar-refractivity contribution in [2.75, 3.05) is 5.75 Å². The number of hydrogen-bond acceptors (Lipinski definition) is 7. The highest BCUT2D eigenvalue weighted by atomic mass is 32.2. The molecule has 0 radical (unpaired) electrons. The molecule has 1 saturated carbocycles. The third kappa shape index (κ3) is 11.1. The smallest absolute Gasteiger partial charge is 0.308 e.